The lowest BCUT2D eigenvalue weighted by atomic mass is 9.99. The second kappa shape index (κ2) is 7.99. The molecule has 0 aromatic heterocycles. The Morgan fingerprint density at radius 2 is 2.12 bits per heavy atom. The van der Waals surface area contributed by atoms with Crippen LogP contribution >= 0.6 is 11.8 Å². The predicted molar refractivity (Wildman–Crippen MR) is 88.9 cm³/mol. The molecule has 0 bridgehead atoms. The first-order valence-electron chi connectivity index (χ1n) is 7.74. The predicted octanol–water partition coefficient (Wildman–Crippen LogP) is 3.98. The lowest BCUT2D eigenvalue weighted by molar-refractivity contribution is -0.143. The summed E-state index contributed by atoms with van der Waals surface area (Å²) in [5.41, 5.74) is 1.10. The number of carbonyl (C=O) groups excluding carboxylic acids is 1. The first-order valence-corrected chi connectivity index (χ1v) is 8.73. The van der Waals surface area contributed by atoms with Crippen molar-refractivity contribution in [3.05, 3.63) is 23.8 Å². The van der Waals surface area contributed by atoms with Crippen molar-refractivity contribution >= 4 is 29.4 Å². The van der Waals surface area contributed by atoms with E-state index in [1.165, 1.54) is 11.0 Å². The number of aryl methyl sites for hydroxylation is 1. The van der Waals surface area contributed by atoms with Gasteiger partial charge in [-0.25, -0.2) is 4.79 Å². The zero-order valence-electron chi connectivity index (χ0n) is 13.6. The molecule has 25 heavy (non-hydrogen) atoms. The van der Waals surface area contributed by atoms with E-state index >= 15 is 0 Å². The number of rotatable bonds is 4. The number of carboxylic acids is 1. The average Bonchev–Trinajstić information content (AvgIpc) is 2.53. The molecule has 1 unspecified atom stereocenters. The number of carbonyl (C=O) groups is 2. The van der Waals surface area contributed by atoms with Gasteiger partial charge < -0.3 is 15.3 Å². The molecule has 0 saturated carbocycles. The number of hydrogen-bond donors (Lipinski definition) is 2. The second-order valence-electron chi connectivity index (χ2n) is 5.96. The number of thioether (sulfide) groups is 1. The summed E-state index contributed by atoms with van der Waals surface area (Å²) in [5, 5.41) is 11.7. The molecule has 1 aromatic rings. The minimum Gasteiger partial charge on any atom is -0.481 e. The van der Waals surface area contributed by atoms with Crippen molar-refractivity contribution in [2.45, 2.75) is 30.8 Å². The van der Waals surface area contributed by atoms with Crippen molar-refractivity contribution in [1.82, 2.24) is 4.90 Å². The number of piperidine rings is 1. The third-order valence-corrected chi connectivity index (χ3v) is 4.96. The Morgan fingerprint density at radius 3 is 2.76 bits per heavy atom. The number of halogens is 3. The van der Waals surface area contributed by atoms with E-state index in [2.05, 4.69) is 5.32 Å². The number of amides is 2. The van der Waals surface area contributed by atoms with Crippen LogP contribution in [0.4, 0.5) is 23.7 Å². The summed E-state index contributed by atoms with van der Waals surface area (Å²) in [4.78, 5) is 25.2. The van der Waals surface area contributed by atoms with Crippen LogP contribution in [0.3, 0.4) is 0 Å². The smallest absolute Gasteiger partial charge is 0.398 e. The van der Waals surface area contributed by atoms with Crippen LogP contribution in [0.5, 0.6) is 0 Å². The highest BCUT2D eigenvalue weighted by atomic mass is 32.2. The molecule has 1 saturated heterocycles. The molecule has 1 heterocycles. The van der Waals surface area contributed by atoms with Gasteiger partial charge in [-0.3, -0.25) is 4.79 Å². The zero-order chi connectivity index (χ0) is 18.6. The number of likely N-dealkylation sites (tertiary alicyclic amines) is 1. The first-order chi connectivity index (χ1) is 11.7. The number of nitrogens with one attached hydrogen (secondary N) is 1. The van der Waals surface area contributed by atoms with Gasteiger partial charge in [-0.05, 0) is 37.5 Å². The Labute approximate surface area is 147 Å². The fourth-order valence-electron chi connectivity index (χ4n) is 2.58. The van der Waals surface area contributed by atoms with Crippen LogP contribution in [0, 0.1) is 12.8 Å². The molecule has 2 N–H and O–H groups in total. The van der Waals surface area contributed by atoms with E-state index < -0.39 is 29.8 Å². The summed E-state index contributed by atoms with van der Waals surface area (Å²) >= 11 is 0.604. The van der Waals surface area contributed by atoms with E-state index in [-0.39, 0.29) is 6.54 Å². The van der Waals surface area contributed by atoms with Gasteiger partial charge >= 0.3 is 18.2 Å². The molecule has 2 rings (SSSR count). The average molecular weight is 376 g/mol. The van der Waals surface area contributed by atoms with Crippen molar-refractivity contribution in [2.75, 3.05) is 24.2 Å². The molecular weight excluding hydrogens is 357 g/mol. The van der Waals surface area contributed by atoms with Crippen molar-refractivity contribution in [3.8, 4) is 0 Å². The Morgan fingerprint density at radius 1 is 1.40 bits per heavy atom. The number of nitrogens with zero attached hydrogens (tertiary/aromatic N) is 1. The first kappa shape index (κ1) is 19.4. The minimum atomic E-state index is -4.31. The maximum absolute atomic E-state index is 12.5. The largest absolute Gasteiger partial charge is 0.481 e. The molecule has 138 valence electrons. The van der Waals surface area contributed by atoms with E-state index in [1.54, 1.807) is 19.1 Å². The lowest BCUT2D eigenvalue weighted by Gasteiger charge is -2.31. The SMILES string of the molecule is Cc1ccc(SCC(F)(F)F)c(NC(=O)N2CCCC(C(=O)O)C2)c1. The summed E-state index contributed by atoms with van der Waals surface area (Å²) in [6.07, 6.45) is -3.22. The summed E-state index contributed by atoms with van der Waals surface area (Å²) in [6.45, 7) is 2.29. The number of aliphatic carboxylic acids is 1. The molecule has 1 atom stereocenters. The van der Waals surface area contributed by atoms with Gasteiger partial charge in [0.2, 0.25) is 0 Å². The topological polar surface area (TPSA) is 69.6 Å². The molecule has 0 spiro atoms. The third-order valence-electron chi connectivity index (χ3n) is 3.83. The van der Waals surface area contributed by atoms with Gasteiger partial charge in [0.1, 0.15) is 0 Å². The number of benzene rings is 1. The van der Waals surface area contributed by atoms with E-state index in [4.69, 9.17) is 5.11 Å². The fourth-order valence-corrected chi connectivity index (χ4v) is 3.33. The van der Waals surface area contributed by atoms with Crippen molar-refractivity contribution in [2.24, 2.45) is 5.92 Å². The van der Waals surface area contributed by atoms with E-state index in [0.29, 0.717) is 41.7 Å². The monoisotopic (exact) mass is 376 g/mol. The molecule has 1 aliphatic heterocycles. The zero-order valence-corrected chi connectivity index (χ0v) is 14.4. The Hall–Kier alpha value is -1.90. The van der Waals surface area contributed by atoms with Crippen LogP contribution in [-0.4, -0.2) is 47.0 Å². The molecule has 1 fully saturated rings. The summed E-state index contributed by atoms with van der Waals surface area (Å²) < 4.78 is 37.4. The van der Waals surface area contributed by atoms with Crippen LogP contribution in [0.15, 0.2) is 23.1 Å². The molecule has 1 aromatic carbocycles. The van der Waals surface area contributed by atoms with Gasteiger partial charge in [-0.1, -0.05) is 6.07 Å². The molecule has 0 aliphatic carbocycles. The summed E-state index contributed by atoms with van der Waals surface area (Å²) in [6, 6.07) is 4.33. The van der Waals surface area contributed by atoms with Gasteiger partial charge in [-0.15, -0.1) is 11.8 Å². The van der Waals surface area contributed by atoms with Gasteiger partial charge in [0.05, 0.1) is 17.4 Å². The molecule has 9 heteroatoms. The number of anilines is 1. The van der Waals surface area contributed by atoms with Gasteiger partial charge in [-0.2, -0.15) is 13.2 Å². The standard InChI is InChI=1S/C16H19F3N2O3S/c1-10-4-5-13(25-9-16(17,18)19)12(7-10)20-15(24)21-6-2-3-11(8-21)14(22)23/h4-5,7,11H,2-3,6,8-9H2,1H3,(H,20,24)(H,22,23). The van der Waals surface area contributed by atoms with E-state index in [0.717, 1.165) is 5.56 Å². The maximum atomic E-state index is 12.5. The van der Waals surface area contributed by atoms with Crippen LogP contribution < -0.4 is 5.32 Å². The molecular formula is C16H19F3N2O3S. The summed E-state index contributed by atoms with van der Waals surface area (Å²) in [7, 11) is 0. The highest BCUT2D eigenvalue weighted by molar-refractivity contribution is 7.99. The molecule has 0 radical (unpaired) electrons. The number of alkyl halides is 3. The lowest BCUT2D eigenvalue weighted by Crippen LogP contribution is -2.44. The van der Waals surface area contributed by atoms with Crippen LogP contribution in [0.25, 0.3) is 0 Å². The van der Waals surface area contributed by atoms with Crippen LogP contribution in [-0.2, 0) is 4.79 Å². The Kier molecular flexibility index (Phi) is 6.21. The van der Waals surface area contributed by atoms with Crippen molar-refractivity contribution in [3.63, 3.8) is 0 Å². The van der Waals surface area contributed by atoms with Crippen LogP contribution in [0.1, 0.15) is 18.4 Å². The Bertz CT molecular complexity index is 652. The molecule has 1 aliphatic rings. The van der Waals surface area contributed by atoms with Gasteiger partial charge in [0, 0.05) is 18.0 Å². The summed E-state index contributed by atoms with van der Waals surface area (Å²) in [5.74, 6) is -2.62. The normalized spacial score (nSPS) is 18.1. The molecule has 2 amide bonds. The maximum Gasteiger partial charge on any atom is 0.398 e. The van der Waals surface area contributed by atoms with Gasteiger partial charge in [0.25, 0.3) is 0 Å². The van der Waals surface area contributed by atoms with Crippen molar-refractivity contribution in [1.29, 1.82) is 0 Å². The number of urea groups is 1. The number of hydrogen-bond acceptors (Lipinski definition) is 3. The van der Waals surface area contributed by atoms with Crippen molar-refractivity contribution < 1.29 is 27.9 Å². The van der Waals surface area contributed by atoms with Gasteiger partial charge in [0.15, 0.2) is 0 Å². The molecule has 5 nitrogen and oxygen atoms in total. The highest BCUT2D eigenvalue weighted by Gasteiger charge is 2.30. The highest BCUT2D eigenvalue weighted by Crippen LogP contribution is 2.33. The quantitative estimate of drug-likeness (QED) is 0.780. The minimum absolute atomic E-state index is 0.0952. The van der Waals surface area contributed by atoms with E-state index in [9.17, 15) is 22.8 Å². The third kappa shape index (κ3) is 5.84. The van der Waals surface area contributed by atoms with E-state index in [1.807, 2.05) is 0 Å². The fraction of sp³-hybridized carbons (Fsp3) is 0.500. The Balaban J connectivity index is 2.09. The van der Waals surface area contributed by atoms with Crippen LogP contribution in [0.2, 0.25) is 0 Å². The second-order valence-corrected chi connectivity index (χ2v) is 6.97. The number of carboxylic acid groups (broad SMARTS) is 1.